The molecule has 36 rings (SSSR count). The summed E-state index contributed by atoms with van der Waals surface area (Å²) in [5.41, 5.74) is -2.60. The molecule has 0 saturated heterocycles. The van der Waals surface area contributed by atoms with Crippen molar-refractivity contribution in [2.75, 3.05) is 52.9 Å². The fourth-order valence-electron chi connectivity index (χ4n) is 35.4. The monoisotopic (exact) mass is 1350 g/mol. The lowest BCUT2D eigenvalue weighted by atomic mass is 9.64. The number of carbonyl (C=O) groups excluding carboxylic acids is 8. The molecule has 0 N–H and O–H groups in total. The van der Waals surface area contributed by atoms with Gasteiger partial charge in [0.2, 0.25) is 0 Å². The minimum atomic E-state index is -2.28. The quantitative estimate of drug-likeness (QED) is 0.0381. The normalized spacial score (nSPS) is 30.8. The first kappa shape index (κ1) is 48.8. The van der Waals surface area contributed by atoms with Gasteiger partial charge in [-0.05, 0) is 340 Å². The summed E-state index contributed by atoms with van der Waals surface area (Å²) in [6.07, 6.45) is 0. The van der Waals surface area contributed by atoms with Crippen molar-refractivity contribution in [1.29, 1.82) is 0 Å². The Morgan fingerprint density at radius 1 is 0.163 bits per heavy atom. The smallest absolute Gasteiger partial charge is 0.326 e. The van der Waals surface area contributed by atoms with Crippen LogP contribution in [-0.4, -0.2) is 101 Å². The molecule has 0 heterocycles. The highest BCUT2D eigenvalue weighted by molar-refractivity contribution is 6.70. The minimum Gasteiger partial charge on any atom is -0.465 e. The van der Waals surface area contributed by atoms with Gasteiger partial charge in [-0.2, -0.15) is 0 Å². The van der Waals surface area contributed by atoms with Gasteiger partial charge in [-0.25, -0.2) is 0 Å². The van der Waals surface area contributed by atoms with Crippen LogP contribution < -0.4 is 0 Å². The van der Waals surface area contributed by atoms with Crippen LogP contribution >= 0.6 is 0 Å². The van der Waals surface area contributed by atoms with E-state index in [4.69, 9.17) is 37.9 Å². The largest absolute Gasteiger partial charge is 0.465 e. The van der Waals surface area contributed by atoms with Gasteiger partial charge in [0.15, 0.2) is 21.7 Å². The number of hydrogen-bond acceptors (Lipinski definition) is 16. The van der Waals surface area contributed by atoms with Gasteiger partial charge < -0.3 is 37.9 Å². The summed E-state index contributed by atoms with van der Waals surface area (Å²) in [5.74, 6) is -5.76. The Hall–Kier alpha value is -11.0. The van der Waals surface area contributed by atoms with E-state index in [1.165, 1.54) is 0 Å². The maximum Gasteiger partial charge on any atom is 0.326 e. The number of benzene rings is 12. The molecule has 16 aromatic carbocycles. The molecular formula is C88H40O16. The van der Waals surface area contributed by atoms with E-state index in [2.05, 4.69) is 0 Å². The molecule has 0 amide bonds. The van der Waals surface area contributed by atoms with E-state index in [1.54, 1.807) is 55.4 Å². The average Bonchev–Trinajstić information content (AvgIpc) is 1.32. The van der Waals surface area contributed by atoms with Crippen LogP contribution in [0, 0.1) is 21.7 Å². The topological polar surface area (TPSA) is 210 Å². The number of ether oxygens (including phenoxy) is 8. The third-order valence-corrected chi connectivity index (χ3v) is 34.7. The van der Waals surface area contributed by atoms with E-state index in [1.807, 2.05) is 0 Å². The van der Waals surface area contributed by atoms with Crippen molar-refractivity contribution in [1.82, 2.24) is 0 Å². The van der Waals surface area contributed by atoms with Gasteiger partial charge in [-0.15, -0.1) is 0 Å². The molecule has 104 heavy (non-hydrogen) atoms. The number of carbonyl (C=O) groups is 8. The van der Waals surface area contributed by atoms with E-state index in [-0.39, 0.29) is 52.9 Å². The van der Waals surface area contributed by atoms with Crippen LogP contribution in [0.5, 0.6) is 0 Å². The highest BCUT2D eigenvalue weighted by Crippen LogP contribution is 3.10. The standard InChI is InChI=1S/C88H40O16/c1-9-97-69(89)85(70(90)98-10-2)77-53-31-23-17-18-24-19(23)22-29-37(31)55(77)43-47-63-49-45-57-39-27-20(25(17)33(53)35(27)59(45)80(63,77)85)21-26(18)34-36-28(21)40(39)58-46-50-64-48-44-56-38(32(24)54(34)78(56)81(64,60(36)46)86(78,71(91)99-11-3)72(92)100-12-4)30(22)42-41(29)61(43)82-65(47)51-52(66(48)83(82,62(42)44)88(82,75(95)103-15-7)76(96)104-16-8)68(50)84(67(49)51)79(57,58)87(84,73(93)101-13-5)74(94)102-14-6/h9-16H2,1-8H3. The predicted molar refractivity (Wildman–Crippen MR) is 372 cm³/mol. The second-order valence-corrected chi connectivity index (χ2v) is 34.3. The van der Waals surface area contributed by atoms with Crippen molar-refractivity contribution >= 4 is 188 Å². The zero-order valence-corrected chi connectivity index (χ0v) is 56.2. The van der Waals surface area contributed by atoms with E-state index < -0.39 is 113 Å². The van der Waals surface area contributed by atoms with Crippen LogP contribution in [0.25, 0.3) is 196 Å². The Balaban J connectivity index is 0.983. The zero-order chi connectivity index (χ0) is 68.0. The Morgan fingerprint density at radius 3 is 0.433 bits per heavy atom. The molecule has 20 aliphatic carbocycles. The van der Waals surface area contributed by atoms with Crippen molar-refractivity contribution in [2.24, 2.45) is 21.7 Å². The lowest BCUT2D eigenvalue weighted by molar-refractivity contribution is -0.167. The lowest BCUT2D eigenvalue weighted by Crippen LogP contribution is -2.40. The maximum atomic E-state index is 17.8. The van der Waals surface area contributed by atoms with Gasteiger partial charge in [-0.3, -0.25) is 38.4 Å². The molecule has 6 atom stereocenters. The minimum absolute atomic E-state index is 0.0569. The average molecular weight is 1350 g/mol. The van der Waals surface area contributed by atoms with E-state index in [0.717, 1.165) is 251 Å². The van der Waals surface area contributed by atoms with Crippen LogP contribution in [0.3, 0.4) is 0 Å². The molecule has 0 aromatic heterocycles. The molecule has 0 bridgehead atoms. The van der Waals surface area contributed by atoms with Crippen LogP contribution in [0.15, 0.2) is 0 Å². The Kier molecular flexibility index (Phi) is 5.41. The number of esters is 8. The van der Waals surface area contributed by atoms with E-state index in [0.29, 0.717) is 33.4 Å². The van der Waals surface area contributed by atoms with Gasteiger partial charge in [0.25, 0.3) is 0 Å². The summed E-state index contributed by atoms with van der Waals surface area (Å²) < 4.78 is 54.5. The third kappa shape index (κ3) is 2.56. The molecule has 488 valence electrons. The van der Waals surface area contributed by atoms with Crippen molar-refractivity contribution in [3.63, 3.8) is 0 Å². The highest BCUT2D eigenvalue weighted by Gasteiger charge is 3.13. The SMILES string of the molecule is CCOC(=O)C1(C(=O)OCC)C23c4c5c6c7c8c4-c4c2c2c9c%10c%11c%12c%13c%14c%15c%16c%17c%18c%19c%20c%21c%22c(c-7c7c%23c%24c%25c%26c(c4C%254C(C(=O)OCC)(C(=O)OCC)C874)c2c(c9%13)c2c%26c4c%24c(c%22%23)c(c%21%17)c%16c4c%142)C%202C(C(=O)OCC)(C(=O)OCC)C62c2c-5c(c-%11c(c2-%19)C%182C(C(=O)OCC)(C(=O)OCC)C%12%152)C%1013. The molecule has 4 saturated carbocycles. The van der Waals surface area contributed by atoms with Gasteiger partial charge in [0, 0.05) is 0 Å². The van der Waals surface area contributed by atoms with E-state index >= 15 is 38.4 Å². The first-order valence-corrected chi connectivity index (χ1v) is 37.7. The Bertz CT molecular complexity index is 7640. The zero-order valence-electron chi connectivity index (χ0n) is 56.2. The third-order valence-electron chi connectivity index (χ3n) is 34.7. The molecule has 16 aromatic rings. The maximum absolute atomic E-state index is 17.8. The first-order valence-electron chi connectivity index (χ1n) is 37.7. The van der Waals surface area contributed by atoms with E-state index in [9.17, 15) is 0 Å². The van der Waals surface area contributed by atoms with Gasteiger partial charge in [0.05, 0.1) is 96.2 Å². The fourth-order valence-corrected chi connectivity index (χ4v) is 35.4. The van der Waals surface area contributed by atoms with Gasteiger partial charge in [0.1, 0.15) is 0 Å². The summed E-state index contributed by atoms with van der Waals surface area (Å²) in [6.45, 7) is 13.7. The van der Waals surface area contributed by atoms with Crippen molar-refractivity contribution in [2.45, 2.75) is 98.7 Å². The van der Waals surface area contributed by atoms with Crippen molar-refractivity contribution < 1.29 is 76.3 Å². The first-order chi connectivity index (χ1) is 50.8. The molecule has 6 unspecified atom stereocenters. The lowest BCUT2D eigenvalue weighted by Gasteiger charge is -2.36. The van der Waals surface area contributed by atoms with Crippen LogP contribution in [0.4, 0.5) is 0 Å². The molecular weight excluding hydrogens is 1310 g/mol. The molecule has 16 nitrogen and oxygen atoms in total. The predicted octanol–water partition coefficient (Wildman–Crippen LogP) is 12.2. The van der Waals surface area contributed by atoms with Crippen LogP contribution in [0.1, 0.15) is 144 Å². The molecule has 16 heteroatoms. The fraction of sp³-hybridized carbons (Fsp3) is 0.318. The molecule has 0 aliphatic heterocycles. The molecule has 20 aliphatic rings. The van der Waals surface area contributed by atoms with Gasteiger partial charge >= 0.3 is 47.8 Å². The van der Waals surface area contributed by atoms with Crippen molar-refractivity contribution in [3.05, 3.63) is 89.0 Å². The van der Waals surface area contributed by atoms with Gasteiger partial charge in [-0.1, -0.05) is 0 Å². The molecule has 4 fully saturated rings. The summed E-state index contributed by atoms with van der Waals surface area (Å²) in [6, 6.07) is 0. The Labute approximate surface area is 578 Å². The summed E-state index contributed by atoms with van der Waals surface area (Å²) in [7, 11) is 0. The summed E-state index contributed by atoms with van der Waals surface area (Å²) >= 11 is 0. The molecule has 8 spiro atoms. The number of rotatable bonds is 16. The second kappa shape index (κ2) is 11.5. The molecule has 0 radical (unpaired) electrons. The van der Waals surface area contributed by atoms with Crippen molar-refractivity contribution in [3.8, 4) is 55.6 Å². The second-order valence-electron chi connectivity index (χ2n) is 34.3. The number of hydrogen-bond donors (Lipinski definition) is 0. The summed E-state index contributed by atoms with van der Waals surface area (Å²) in [4.78, 5) is 141. The Morgan fingerprint density at radius 2 is 0.269 bits per heavy atom. The summed E-state index contributed by atoms with van der Waals surface area (Å²) in [5, 5.41) is 25.9. The van der Waals surface area contributed by atoms with Crippen LogP contribution in [-0.2, 0) is 120 Å². The van der Waals surface area contributed by atoms with Crippen LogP contribution in [0.2, 0.25) is 0 Å². The highest BCUT2D eigenvalue weighted by atomic mass is 16.6.